The summed E-state index contributed by atoms with van der Waals surface area (Å²) in [6.45, 7) is 0. The van der Waals surface area contributed by atoms with Gasteiger partial charge in [-0.25, -0.2) is 12.7 Å². The minimum atomic E-state index is -3.72. The fourth-order valence-corrected chi connectivity index (χ4v) is 3.26. The van der Waals surface area contributed by atoms with Gasteiger partial charge in [-0.3, -0.25) is 4.79 Å². The van der Waals surface area contributed by atoms with Crippen LogP contribution in [0.15, 0.2) is 41.4 Å². The molecule has 0 fully saturated rings. The molecule has 1 aromatic heterocycles. The van der Waals surface area contributed by atoms with Gasteiger partial charge < -0.3 is 15.0 Å². The summed E-state index contributed by atoms with van der Waals surface area (Å²) < 4.78 is 31.2. The van der Waals surface area contributed by atoms with E-state index in [1.54, 1.807) is 24.4 Å². The molecule has 128 valence electrons. The molecule has 0 aliphatic rings. The Morgan fingerprint density at radius 3 is 2.58 bits per heavy atom. The maximum Gasteiger partial charge on any atom is 0.258 e. The Morgan fingerprint density at radius 1 is 1.29 bits per heavy atom. The van der Waals surface area contributed by atoms with Crippen molar-refractivity contribution in [1.29, 1.82) is 0 Å². The smallest absolute Gasteiger partial charge is 0.258 e. The summed E-state index contributed by atoms with van der Waals surface area (Å²) in [6.07, 6.45) is 1.62. The Labute approximate surface area is 145 Å². The van der Waals surface area contributed by atoms with Crippen LogP contribution >= 0.6 is 12.2 Å². The van der Waals surface area contributed by atoms with Crippen molar-refractivity contribution in [3.05, 3.63) is 46.7 Å². The normalized spacial score (nSPS) is 11.3. The third kappa shape index (κ3) is 3.64. The highest BCUT2D eigenvalue weighted by atomic mass is 32.2. The van der Waals surface area contributed by atoms with Gasteiger partial charge in [0.1, 0.15) is 15.3 Å². The quantitative estimate of drug-likeness (QED) is 0.791. The van der Waals surface area contributed by atoms with E-state index in [9.17, 15) is 13.2 Å². The van der Waals surface area contributed by atoms with Gasteiger partial charge in [0.25, 0.3) is 5.91 Å². The lowest BCUT2D eigenvalue weighted by Crippen LogP contribution is -2.23. The van der Waals surface area contributed by atoms with Gasteiger partial charge in [0, 0.05) is 26.0 Å². The fraction of sp³-hybridized carbons (Fsp3) is 0.200. The molecule has 7 nitrogen and oxygen atoms in total. The molecule has 9 heteroatoms. The molecule has 1 heterocycles. The van der Waals surface area contributed by atoms with Gasteiger partial charge in [-0.05, 0) is 30.3 Å². The van der Waals surface area contributed by atoms with Gasteiger partial charge in [0.15, 0.2) is 0 Å². The van der Waals surface area contributed by atoms with Crippen LogP contribution in [0.2, 0.25) is 0 Å². The van der Waals surface area contributed by atoms with E-state index in [4.69, 9.17) is 17.0 Å². The number of nitrogens with one attached hydrogen (secondary N) is 2. The number of aromatic amines is 1. The highest BCUT2D eigenvalue weighted by Gasteiger charge is 2.23. The maximum absolute atomic E-state index is 12.4. The zero-order valence-corrected chi connectivity index (χ0v) is 15.0. The number of anilines is 1. The maximum atomic E-state index is 12.4. The Hall–Kier alpha value is -2.23. The van der Waals surface area contributed by atoms with E-state index in [2.05, 4.69) is 10.3 Å². The lowest BCUT2D eigenvalue weighted by atomic mass is 10.2. The number of rotatable bonds is 5. The van der Waals surface area contributed by atoms with Crippen molar-refractivity contribution in [1.82, 2.24) is 9.29 Å². The van der Waals surface area contributed by atoms with Crippen molar-refractivity contribution in [2.24, 2.45) is 0 Å². The summed E-state index contributed by atoms with van der Waals surface area (Å²) in [5, 5.41) is 2.64. The van der Waals surface area contributed by atoms with Crippen molar-refractivity contribution in [3.63, 3.8) is 0 Å². The number of ether oxygens (including phenoxy) is 1. The summed E-state index contributed by atoms with van der Waals surface area (Å²) in [5.41, 5.74) is 0.611. The Kier molecular flexibility index (Phi) is 5.37. The second-order valence-electron chi connectivity index (χ2n) is 5.02. The zero-order chi connectivity index (χ0) is 17.9. The van der Waals surface area contributed by atoms with Crippen LogP contribution in [0.5, 0.6) is 5.75 Å². The van der Waals surface area contributed by atoms with Crippen LogP contribution in [0.1, 0.15) is 10.4 Å². The summed E-state index contributed by atoms with van der Waals surface area (Å²) in [7, 11) is 0.500. The summed E-state index contributed by atoms with van der Waals surface area (Å²) in [5.74, 6) is -0.242. The van der Waals surface area contributed by atoms with E-state index in [0.717, 1.165) is 4.31 Å². The van der Waals surface area contributed by atoms with E-state index >= 15 is 0 Å². The third-order valence-electron chi connectivity index (χ3n) is 3.24. The van der Waals surface area contributed by atoms with Gasteiger partial charge in [-0.1, -0.05) is 12.2 Å². The SMILES string of the molecule is COc1ccc(NC(=O)c2ccc[nH]c2=S)cc1S(=O)(=O)N(C)C. The minimum absolute atomic E-state index is 0.0361. The summed E-state index contributed by atoms with van der Waals surface area (Å²) in [4.78, 5) is 15.0. The second kappa shape index (κ2) is 7.12. The number of aromatic nitrogens is 1. The molecule has 0 spiro atoms. The predicted molar refractivity (Wildman–Crippen MR) is 93.4 cm³/mol. The molecule has 0 aliphatic heterocycles. The number of carbonyl (C=O) groups is 1. The number of sulfonamides is 1. The number of hydrogen-bond donors (Lipinski definition) is 2. The minimum Gasteiger partial charge on any atom is -0.495 e. The molecule has 2 aromatic rings. The number of carbonyl (C=O) groups excluding carboxylic acids is 1. The number of amides is 1. The molecule has 1 aromatic carbocycles. The molecule has 0 aliphatic carbocycles. The van der Waals surface area contributed by atoms with Crippen molar-refractivity contribution in [2.45, 2.75) is 4.90 Å². The van der Waals surface area contributed by atoms with Crippen LogP contribution in [0.25, 0.3) is 0 Å². The Bertz CT molecular complexity index is 920. The molecule has 0 saturated carbocycles. The molecular weight excluding hydrogens is 350 g/mol. The Balaban J connectivity index is 2.41. The average molecular weight is 367 g/mol. The van der Waals surface area contributed by atoms with Gasteiger partial charge in [0.2, 0.25) is 10.0 Å². The van der Waals surface area contributed by atoms with E-state index in [0.29, 0.717) is 15.9 Å². The molecule has 0 bridgehead atoms. The first-order chi connectivity index (χ1) is 11.3. The molecule has 2 N–H and O–H groups in total. The lowest BCUT2D eigenvalue weighted by molar-refractivity contribution is 0.102. The van der Waals surface area contributed by atoms with Crippen LogP contribution in [0.3, 0.4) is 0 Å². The van der Waals surface area contributed by atoms with E-state index in [1.165, 1.54) is 33.3 Å². The molecule has 0 saturated heterocycles. The topological polar surface area (TPSA) is 91.5 Å². The molecule has 2 rings (SSSR count). The third-order valence-corrected chi connectivity index (χ3v) is 5.42. The summed E-state index contributed by atoms with van der Waals surface area (Å²) in [6, 6.07) is 7.62. The van der Waals surface area contributed by atoms with Crippen molar-refractivity contribution in [3.8, 4) is 5.75 Å². The van der Waals surface area contributed by atoms with Crippen molar-refractivity contribution in [2.75, 3.05) is 26.5 Å². The van der Waals surface area contributed by atoms with Crippen LogP contribution in [-0.4, -0.2) is 44.8 Å². The number of hydrogen-bond acceptors (Lipinski definition) is 5. The van der Waals surface area contributed by atoms with Crippen molar-refractivity contribution >= 4 is 33.8 Å². The first-order valence-corrected chi connectivity index (χ1v) is 8.72. The number of benzene rings is 1. The molecule has 24 heavy (non-hydrogen) atoms. The van der Waals surface area contributed by atoms with Gasteiger partial charge >= 0.3 is 0 Å². The zero-order valence-electron chi connectivity index (χ0n) is 13.4. The Morgan fingerprint density at radius 2 is 2.00 bits per heavy atom. The first kappa shape index (κ1) is 18.1. The summed E-state index contributed by atoms with van der Waals surface area (Å²) >= 11 is 5.06. The van der Waals surface area contributed by atoms with Crippen LogP contribution < -0.4 is 10.1 Å². The first-order valence-electron chi connectivity index (χ1n) is 6.87. The fourth-order valence-electron chi connectivity index (χ4n) is 1.95. The monoisotopic (exact) mass is 367 g/mol. The lowest BCUT2D eigenvalue weighted by Gasteiger charge is -2.16. The molecule has 0 radical (unpaired) electrons. The van der Waals surface area contributed by atoms with E-state index in [1.807, 2.05) is 0 Å². The highest BCUT2D eigenvalue weighted by molar-refractivity contribution is 7.89. The molecular formula is C15H17N3O4S2. The average Bonchev–Trinajstić information content (AvgIpc) is 2.54. The standard InChI is InChI=1S/C15H17N3O4S2/c1-18(2)24(20,21)13-9-10(6-7-12(13)22-3)17-14(19)11-5-4-8-16-15(11)23/h4-9H,1-3H3,(H,16,23)(H,17,19). The van der Waals surface area contributed by atoms with Crippen molar-refractivity contribution < 1.29 is 17.9 Å². The van der Waals surface area contributed by atoms with Gasteiger partial charge in [-0.2, -0.15) is 0 Å². The largest absolute Gasteiger partial charge is 0.495 e. The van der Waals surface area contributed by atoms with Gasteiger partial charge in [-0.15, -0.1) is 0 Å². The highest BCUT2D eigenvalue weighted by Crippen LogP contribution is 2.29. The number of pyridine rings is 1. The van der Waals surface area contributed by atoms with E-state index < -0.39 is 15.9 Å². The van der Waals surface area contributed by atoms with Crippen LogP contribution in [-0.2, 0) is 10.0 Å². The number of methoxy groups -OCH3 is 1. The molecule has 1 amide bonds. The molecule has 0 atom stereocenters. The van der Waals surface area contributed by atoms with E-state index in [-0.39, 0.29) is 10.6 Å². The second-order valence-corrected chi connectivity index (χ2v) is 7.55. The number of nitrogens with zero attached hydrogens (tertiary/aromatic N) is 1. The molecule has 0 unspecified atom stereocenters. The number of H-pyrrole nitrogens is 1. The van der Waals surface area contributed by atoms with Gasteiger partial charge in [0.05, 0.1) is 12.7 Å². The van der Waals surface area contributed by atoms with Crippen LogP contribution in [0.4, 0.5) is 5.69 Å². The predicted octanol–water partition coefficient (Wildman–Crippen LogP) is 2.26. The van der Waals surface area contributed by atoms with Crippen LogP contribution in [0, 0.1) is 4.64 Å².